The smallest absolute Gasteiger partial charge is 0.356 e. The van der Waals surface area contributed by atoms with Gasteiger partial charge in [-0.05, 0) is 12.1 Å². The summed E-state index contributed by atoms with van der Waals surface area (Å²) in [6.45, 7) is 0. The molecule has 1 aromatic carbocycles. The highest BCUT2D eigenvalue weighted by molar-refractivity contribution is 5.84. The molecule has 0 aliphatic carbocycles. The largest absolute Gasteiger partial charge is 0.476 e. The summed E-state index contributed by atoms with van der Waals surface area (Å²) in [5.41, 5.74) is -0.705. The van der Waals surface area contributed by atoms with Gasteiger partial charge in [0.05, 0.1) is 11.0 Å². The number of halogens is 1. The third-order valence-corrected chi connectivity index (χ3v) is 2.20. The second-order valence-electron chi connectivity index (χ2n) is 3.54. The first kappa shape index (κ1) is 13.3. The van der Waals surface area contributed by atoms with Gasteiger partial charge in [0.1, 0.15) is 0 Å². The molecule has 102 valence electrons. The lowest BCUT2D eigenvalue weighted by Crippen LogP contribution is -2.02. The van der Waals surface area contributed by atoms with Crippen LogP contribution in [-0.4, -0.2) is 26.2 Å². The average Bonchev–Trinajstić information content (AvgIpc) is 2.41. The summed E-state index contributed by atoms with van der Waals surface area (Å²) in [6, 6.07) is 5.16. The van der Waals surface area contributed by atoms with E-state index in [9.17, 15) is 19.3 Å². The van der Waals surface area contributed by atoms with E-state index in [0.29, 0.717) is 6.07 Å². The average molecular weight is 279 g/mol. The Morgan fingerprint density at radius 3 is 2.55 bits per heavy atom. The molecule has 0 spiro atoms. The second-order valence-corrected chi connectivity index (χ2v) is 3.54. The number of hydrogen-bond acceptors (Lipinski definition) is 6. The lowest BCUT2D eigenvalue weighted by molar-refractivity contribution is -0.385. The molecule has 0 aliphatic rings. The highest BCUT2D eigenvalue weighted by Crippen LogP contribution is 2.26. The van der Waals surface area contributed by atoms with Gasteiger partial charge in [0.15, 0.2) is 17.3 Å². The first-order chi connectivity index (χ1) is 9.47. The molecule has 2 rings (SSSR count). The molecule has 2 aromatic rings. The third kappa shape index (κ3) is 2.83. The summed E-state index contributed by atoms with van der Waals surface area (Å²) in [5, 5.41) is 25.9. The molecule has 8 nitrogen and oxygen atoms in total. The van der Waals surface area contributed by atoms with Gasteiger partial charge in [-0.3, -0.25) is 10.1 Å². The molecule has 0 amide bonds. The number of carbonyl (C=O) groups is 1. The molecular formula is C11H6FN3O5. The van der Waals surface area contributed by atoms with E-state index < -0.39 is 22.4 Å². The number of aromatic carboxylic acids is 1. The second kappa shape index (κ2) is 5.26. The Labute approximate surface area is 110 Å². The molecule has 0 unspecified atom stereocenters. The molecule has 0 radical (unpaired) electrons. The number of benzene rings is 1. The number of ether oxygens (including phenoxy) is 1. The van der Waals surface area contributed by atoms with Crippen molar-refractivity contribution in [3.8, 4) is 11.6 Å². The monoisotopic (exact) mass is 279 g/mol. The predicted molar refractivity (Wildman–Crippen MR) is 62.1 cm³/mol. The van der Waals surface area contributed by atoms with Crippen molar-refractivity contribution in [3.63, 3.8) is 0 Å². The maximum absolute atomic E-state index is 13.5. The fourth-order valence-corrected chi connectivity index (χ4v) is 1.29. The molecule has 1 heterocycles. The summed E-state index contributed by atoms with van der Waals surface area (Å²) in [5.74, 6) is -2.62. The van der Waals surface area contributed by atoms with Gasteiger partial charge in [-0.1, -0.05) is 0 Å². The Hall–Kier alpha value is -3.10. The van der Waals surface area contributed by atoms with Gasteiger partial charge < -0.3 is 9.84 Å². The normalized spacial score (nSPS) is 10.1. The van der Waals surface area contributed by atoms with Crippen LogP contribution in [0.3, 0.4) is 0 Å². The van der Waals surface area contributed by atoms with E-state index in [2.05, 4.69) is 10.2 Å². The molecule has 20 heavy (non-hydrogen) atoms. The highest BCUT2D eigenvalue weighted by atomic mass is 19.1. The minimum atomic E-state index is -1.26. The Balaban J connectivity index is 2.21. The van der Waals surface area contributed by atoms with Crippen LogP contribution >= 0.6 is 0 Å². The van der Waals surface area contributed by atoms with E-state index in [1.807, 2.05) is 0 Å². The van der Waals surface area contributed by atoms with E-state index >= 15 is 0 Å². The molecule has 0 bridgehead atoms. The van der Waals surface area contributed by atoms with Crippen molar-refractivity contribution in [2.45, 2.75) is 0 Å². The van der Waals surface area contributed by atoms with Crippen molar-refractivity contribution in [1.82, 2.24) is 10.2 Å². The standard InChI is InChI=1S/C11H6FN3O5/c12-7-5-6(15(18)19)1-3-9(7)20-10-4-2-8(11(16)17)13-14-10/h1-5H,(H,16,17). The SMILES string of the molecule is O=C(O)c1ccc(Oc2ccc([N+](=O)[O-])cc2F)nn1. The van der Waals surface area contributed by atoms with Gasteiger partial charge in [0.25, 0.3) is 5.69 Å². The van der Waals surface area contributed by atoms with Gasteiger partial charge >= 0.3 is 5.97 Å². The van der Waals surface area contributed by atoms with Crippen molar-refractivity contribution in [1.29, 1.82) is 0 Å². The van der Waals surface area contributed by atoms with Crippen molar-refractivity contribution in [3.05, 3.63) is 52.0 Å². The summed E-state index contributed by atoms with van der Waals surface area (Å²) >= 11 is 0. The Morgan fingerprint density at radius 1 is 1.30 bits per heavy atom. The van der Waals surface area contributed by atoms with Crippen LogP contribution in [0.2, 0.25) is 0 Å². The number of rotatable bonds is 4. The van der Waals surface area contributed by atoms with Crippen molar-refractivity contribution < 1.29 is 24.0 Å². The molecule has 0 aliphatic heterocycles. The maximum Gasteiger partial charge on any atom is 0.356 e. The van der Waals surface area contributed by atoms with Gasteiger partial charge in [0.2, 0.25) is 5.88 Å². The Bertz CT molecular complexity index is 674. The first-order valence-corrected chi connectivity index (χ1v) is 5.16. The van der Waals surface area contributed by atoms with E-state index in [1.165, 1.54) is 6.07 Å². The highest BCUT2D eigenvalue weighted by Gasteiger charge is 2.13. The zero-order valence-electron chi connectivity index (χ0n) is 9.69. The summed E-state index contributed by atoms with van der Waals surface area (Å²) in [7, 11) is 0. The lowest BCUT2D eigenvalue weighted by Gasteiger charge is -2.04. The number of non-ortho nitro benzene ring substituents is 1. The van der Waals surface area contributed by atoms with Gasteiger partial charge in [-0.25, -0.2) is 9.18 Å². The molecule has 0 atom stereocenters. The number of nitro benzene ring substituents is 1. The predicted octanol–water partition coefficient (Wildman–Crippen LogP) is 2.01. The molecule has 0 saturated carbocycles. The fourth-order valence-electron chi connectivity index (χ4n) is 1.29. The van der Waals surface area contributed by atoms with Crippen LogP contribution in [0.25, 0.3) is 0 Å². The van der Waals surface area contributed by atoms with Crippen LogP contribution in [0.4, 0.5) is 10.1 Å². The van der Waals surface area contributed by atoms with Crippen LogP contribution in [0.1, 0.15) is 10.5 Å². The number of carboxylic acids is 1. The van der Waals surface area contributed by atoms with E-state index in [4.69, 9.17) is 9.84 Å². The first-order valence-electron chi connectivity index (χ1n) is 5.16. The summed E-state index contributed by atoms with van der Waals surface area (Å²) in [6.07, 6.45) is 0. The van der Waals surface area contributed by atoms with E-state index in [1.54, 1.807) is 0 Å². The van der Waals surface area contributed by atoms with Gasteiger partial charge in [-0.2, -0.15) is 0 Å². The molecule has 0 fully saturated rings. The number of hydrogen-bond donors (Lipinski definition) is 1. The minimum Gasteiger partial charge on any atom is -0.476 e. The maximum atomic E-state index is 13.5. The fraction of sp³-hybridized carbons (Fsp3) is 0. The van der Waals surface area contributed by atoms with E-state index in [-0.39, 0.29) is 17.3 Å². The van der Waals surface area contributed by atoms with Gasteiger partial charge in [0, 0.05) is 12.1 Å². The summed E-state index contributed by atoms with van der Waals surface area (Å²) in [4.78, 5) is 20.3. The Kier molecular flexibility index (Phi) is 3.51. The molecule has 1 aromatic heterocycles. The van der Waals surface area contributed by atoms with Gasteiger partial charge in [-0.15, -0.1) is 10.2 Å². The summed E-state index contributed by atoms with van der Waals surface area (Å²) < 4.78 is 18.5. The quantitative estimate of drug-likeness (QED) is 0.672. The third-order valence-electron chi connectivity index (χ3n) is 2.20. The van der Waals surface area contributed by atoms with Crippen molar-refractivity contribution >= 4 is 11.7 Å². The van der Waals surface area contributed by atoms with Crippen molar-refractivity contribution in [2.75, 3.05) is 0 Å². The van der Waals surface area contributed by atoms with Crippen LogP contribution in [0, 0.1) is 15.9 Å². The van der Waals surface area contributed by atoms with Crippen LogP contribution < -0.4 is 4.74 Å². The number of nitro groups is 1. The topological polar surface area (TPSA) is 115 Å². The zero-order valence-corrected chi connectivity index (χ0v) is 9.69. The van der Waals surface area contributed by atoms with E-state index in [0.717, 1.165) is 18.2 Å². The molecule has 1 N–H and O–H groups in total. The minimum absolute atomic E-state index is 0.136. The number of aromatic nitrogens is 2. The van der Waals surface area contributed by atoms with Crippen molar-refractivity contribution in [2.24, 2.45) is 0 Å². The molecule has 9 heteroatoms. The Morgan fingerprint density at radius 2 is 2.05 bits per heavy atom. The number of carboxylic acid groups (broad SMARTS) is 1. The van der Waals surface area contributed by atoms with Crippen LogP contribution in [0.15, 0.2) is 30.3 Å². The van der Waals surface area contributed by atoms with Crippen LogP contribution in [0.5, 0.6) is 11.6 Å². The number of nitrogens with zero attached hydrogens (tertiary/aromatic N) is 3. The molecule has 0 saturated heterocycles. The molecular weight excluding hydrogens is 273 g/mol. The van der Waals surface area contributed by atoms with Crippen LogP contribution in [-0.2, 0) is 0 Å². The lowest BCUT2D eigenvalue weighted by atomic mass is 10.3. The zero-order chi connectivity index (χ0) is 14.7.